The van der Waals surface area contributed by atoms with Crippen LogP contribution in [-0.4, -0.2) is 30.3 Å². The van der Waals surface area contributed by atoms with Crippen LogP contribution in [0.25, 0.3) is 0 Å². The van der Waals surface area contributed by atoms with E-state index in [4.69, 9.17) is 20.2 Å². The van der Waals surface area contributed by atoms with Crippen molar-refractivity contribution >= 4 is 28.4 Å². The highest BCUT2D eigenvalue weighted by Gasteiger charge is 2.39. The molecule has 1 aromatic heterocycles. The Hall–Kier alpha value is -0.470. The quantitative estimate of drug-likeness (QED) is 0.821. The Balaban J connectivity index is 2.03. The molecule has 0 atom stereocenters. The summed E-state index contributed by atoms with van der Waals surface area (Å²) in [4.78, 5) is 9.27. The lowest BCUT2D eigenvalue weighted by atomic mass is 9.93. The Kier molecular flexibility index (Phi) is 3.65. The topological polar surface area (TPSA) is 70.3 Å². The van der Waals surface area contributed by atoms with Crippen LogP contribution in [0, 0.1) is 3.57 Å². The lowest BCUT2D eigenvalue weighted by Crippen LogP contribution is -2.38. The summed E-state index contributed by atoms with van der Waals surface area (Å²) in [5.74, 6) is 1.87. The van der Waals surface area contributed by atoms with Crippen LogP contribution in [0.3, 0.4) is 0 Å². The zero-order valence-electron chi connectivity index (χ0n) is 11.0. The molecule has 104 valence electrons. The van der Waals surface area contributed by atoms with E-state index < -0.39 is 5.60 Å². The second-order valence-electron chi connectivity index (χ2n) is 5.22. The van der Waals surface area contributed by atoms with Gasteiger partial charge in [-0.05, 0) is 35.4 Å². The number of anilines is 1. The maximum absolute atomic E-state index is 6.06. The molecule has 3 rings (SSSR count). The molecule has 2 fully saturated rings. The number of ether oxygens (including phenoxy) is 2. The summed E-state index contributed by atoms with van der Waals surface area (Å²) >= 11 is 2.25. The molecular formula is C13H18IN3O2. The van der Waals surface area contributed by atoms with E-state index in [9.17, 15) is 0 Å². The Labute approximate surface area is 126 Å². The van der Waals surface area contributed by atoms with Crippen LogP contribution in [0.5, 0.6) is 0 Å². The van der Waals surface area contributed by atoms with Gasteiger partial charge < -0.3 is 15.2 Å². The highest BCUT2D eigenvalue weighted by atomic mass is 127. The summed E-state index contributed by atoms with van der Waals surface area (Å²) in [5.41, 5.74) is 6.73. The number of hydrogen-bond acceptors (Lipinski definition) is 5. The summed E-state index contributed by atoms with van der Waals surface area (Å²) in [6, 6.07) is 0. The average molecular weight is 375 g/mol. The van der Waals surface area contributed by atoms with Crippen molar-refractivity contribution in [3.8, 4) is 0 Å². The molecule has 0 aromatic carbocycles. The zero-order chi connectivity index (χ0) is 13.5. The normalized spacial score (nSPS) is 22.4. The molecule has 5 nitrogen and oxygen atoms in total. The second kappa shape index (κ2) is 5.14. The van der Waals surface area contributed by atoms with Crippen LogP contribution >= 0.6 is 22.6 Å². The summed E-state index contributed by atoms with van der Waals surface area (Å²) in [5, 5.41) is 0. The fourth-order valence-corrected chi connectivity index (χ4v) is 3.22. The third-order valence-electron chi connectivity index (χ3n) is 3.97. The number of nitrogens with two attached hydrogens (primary N) is 1. The van der Waals surface area contributed by atoms with Crippen LogP contribution in [0.1, 0.15) is 43.1 Å². The molecule has 2 aliphatic rings. The molecular weight excluding hydrogens is 357 g/mol. The van der Waals surface area contributed by atoms with Crippen molar-refractivity contribution in [3.05, 3.63) is 15.1 Å². The predicted octanol–water partition coefficient (Wildman–Crippen LogP) is 2.19. The van der Waals surface area contributed by atoms with E-state index in [2.05, 4.69) is 27.6 Å². The van der Waals surface area contributed by atoms with E-state index in [0.717, 1.165) is 27.9 Å². The molecule has 0 unspecified atom stereocenters. The van der Waals surface area contributed by atoms with E-state index in [0.29, 0.717) is 24.9 Å². The third kappa shape index (κ3) is 2.45. The molecule has 2 N–H and O–H groups in total. The first-order chi connectivity index (χ1) is 9.16. The van der Waals surface area contributed by atoms with Crippen molar-refractivity contribution in [1.29, 1.82) is 0 Å². The van der Waals surface area contributed by atoms with Crippen molar-refractivity contribution in [2.24, 2.45) is 0 Å². The monoisotopic (exact) mass is 375 g/mol. The Bertz CT molecular complexity index is 485. The highest BCUT2D eigenvalue weighted by molar-refractivity contribution is 14.1. The van der Waals surface area contributed by atoms with Gasteiger partial charge >= 0.3 is 0 Å². The smallest absolute Gasteiger partial charge is 0.163 e. The molecule has 1 aliphatic heterocycles. The van der Waals surface area contributed by atoms with Crippen LogP contribution in [0.15, 0.2) is 0 Å². The van der Waals surface area contributed by atoms with Gasteiger partial charge in [-0.2, -0.15) is 0 Å². The third-order valence-corrected chi connectivity index (χ3v) is 5.07. The molecule has 19 heavy (non-hydrogen) atoms. The second-order valence-corrected chi connectivity index (χ2v) is 6.30. The van der Waals surface area contributed by atoms with Gasteiger partial charge in [0.2, 0.25) is 0 Å². The van der Waals surface area contributed by atoms with Gasteiger partial charge in [0.1, 0.15) is 11.4 Å². The molecule has 0 amide bonds. The van der Waals surface area contributed by atoms with Gasteiger partial charge in [0, 0.05) is 39.1 Å². The SMILES string of the molecule is COC1(c2nc(N)c(I)c(C3CC3)n2)CCOCC1. The van der Waals surface area contributed by atoms with Gasteiger partial charge in [-0.1, -0.05) is 0 Å². The zero-order valence-corrected chi connectivity index (χ0v) is 13.1. The van der Waals surface area contributed by atoms with E-state index in [-0.39, 0.29) is 0 Å². The van der Waals surface area contributed by atoms with Gasteiger partial charge in [0.05, 0.1) is 9.26 Å². The molecule has 2 heterocycles. The Morgan fingerprint density at radius 2 is 2.00 bits per heavy atom. The van der Waals surface area contributed by atoms with Crippen LogP contribution in [0.2, 0.25) is 0 Å². The van der Waals surface area contributed by atoms with E-state index in [1.54, 1.807) is 7.11 Å². The van der Waals surface area contributed by atoms with Crippen molar-refractivity contribution in [1.82, 2.24) is 9.97 Å². The maximum Gasteiger partial charge on any atom is 0.163 e. The van der Waals surface area contributed by atoms with Gasteiger partial charge in [-0.15, -0.1) is 0 Å². The van der Waals surface area contributed by atoms with Crippen molar-refractivity contribution in [2.45, 2.75) is 37.2 Å². The van der Waals surface area contributed by atoms with Gasteiger partial charge in [0.15, 0.2) is 5.82 Å². The number of methoxy groups -OCH3 is 1. The highest BCUT2D eigenvalue weighted by Crippen LogP contribution is 2.43. The van der Waals surface area contributed by atoms with Gasteiger partial charge in [-0.3, -0.25) is 0 Å². The largest absolute Gasteiger partial charge is 0.383 e. The van der Waals surface area contributed by atoms with Crippen LogP contribution < -0.4 is 5.73 Å². The molecule has 6 heteroatoms. The summed E-state index contributed by atoms with van der Waals surface area (Å²) in [6.45, 7) is 1.36. The van der Waals surface area contributed by atoms with Crippen molar-refractivity contribution < 1.29 is 9.47 Å². The fraction of sp³-hybridized carbons (Fsp3) is 0.692. The standard InChI is InChI=1S/C13H18IN3O2/c1-18-13(4-6-19-7-5-13)12-16-10(8-2-3-8)9(14)11(15)17-12/h8H,2-7H2,1H3,(H2,15,16,17). The fourth-order valence-electron chi connectivity index (χ4n) is 2.53. The number of nitrogens with zero attached hydrogens (tertiary/aromatic N) is 2. The van der Waals surface area contributed by atoms with E-state index >= 15 is 0 Å². The maximum atomic E-state index is 6.06. The predicted molar refractivity (Wildman–Crippen MR) is 79.9 cm³/mol. The summed E-state index contributed by atoms with van der Waals surface area (Å²) in [6.07, 6.45) is 3.98. The first-order valence-corrected chi connectivity index (χ1v) is 7.70. The minimum Gasteiger partial charge on any atom is -0.383 e. The molecule has 0 radical (unpaired) electrons. The molecule has 0 bridgehead atoms. The lowest BCUT2D eigenvalue weighted by molar-refractivity contribution is -0.1000. The Morgan fingerprint density at radius 3 is 2.58 bits per heavy atom. The summed E-state index contributed by atoms with van der Waals surface area (Å²) < 4.78 is 12.2. The summed E-state index contributed by atoms with van der Waals surface area (Å²) in [7, 11) is 1.72. The number of halogens is 1. The molecule has 1 saturated heterocycles. The van der Waals surface area contributed by atoms with E-state index in [1.807, 2.05) is 0 Å². The average Bonchev–Trinajstić information content (AvgIpc) is 3.27. The van der Waals surface area contributed by atoms with E-state index in [1.165, 1.54) is 12.8 Å². The number of nitrogen functional groups attached to an aromatic ring is 1. The minimum atomic E-state index is -0.430. The van der Waals surface area contributed by atoms with Crippen molar-refractivity contribution in [3.63, 3.8) is 0 Å². The Morgan fingerprint density at radius 1 is 1.32 bits per heavy atom. The number of rotatable bonds is 3. The first kappa shape index (κ1) is 13.5. The molecule has 0 spiro atoms. The minimum absolute atomic E-state index is 0.430. The molecule has 1 aliphatic carbocycles. The van der Waals surface area contributed by atoms with Crippen molar-refractivity contribution in [2.75, 3.05) is 26.1 Å². The molecule has 1 aromatic rings. The van der Waals surface area contributed by atoms with Crippen LogP contribution in [-0.2, 0) is 15.1 Å². The molecule has 1 saturated carbocycles. The lowest BCUT2D eigenvalue weighted by Gasteiger charge is -2.34. The van der Waals surface area contributed by atoms with Crippen LogP contribution in [0.4, 0.5) is 5.82 Å². The van der Waals surface area contributed by atoms with Gasteiger partial charge in [0.25, 0.3) is 0 Å². The first-order valence-electron chi connectivity index (χ1n) is 6.62. The number of aromatic nitrogens is 2. The van der Waals surface area contributed by atoms with Gasteiger partial charge in [-0.25, -0.2) is 9.97 Å². The number of hydrogen-bond donors (Lipinski definition) is 1.